The third-order valence-corrected chi connectivity index (χ3v) is 3.30. The lowest BCUT2D eigenvalue weighted by Gasteiger charge is -2.09. The highest BCUT2D eigenvalue weighted by Gasteiger charge is 2.07. The molecule has 0 aliphatic carbocycles. The van der Waals surface area contributed by atoms with Crippen molar-refractivity contribution >= 4 is 26.8 Å². The van der Waals surface area contributed by atoms with Gasteiger partial charge in [0.25, 0.3) is 0 Å². The molecule has 0 fully saturated rings. The maximum absolute atomic E-state index is 5.31. The highest BCUT2D eigenvalue weighted by atomic mass is 79.9. The van der Waals surface area contributed by atoms with Gasteiger partial charge in [-0.15, -0.1) is 0 Å². The van der Waals surface area contributed by atoms with Crippen molar-refractivity contribution in [3.05, 3.63) is 33.9 Å². The zero-order valence-electron chi connectivity index (χ0n) is 9.67. The number of hydrogen-bond donors (Lipinski definition) is 0. The predicted molar refractivity (Wildman–Crippen MR) is 70.1 cm³/mol. The molecule has 0 saturated carbocycles. The number of ether oxygens (including phenoxy) is 1. The minimum Gasteiger partial charge on any atom is -0.496 e. The van der Waals surface area contributed by atoms with Crippen molar-refractivity contribution in [2.45, 2.75) is 20.3 Å². The summed E-state index contributed by atoms with van der Waals surface area (Å²) in [7, 11) is 1.68. The first-order valence-corrected chi connectivity index (χ1v) is 6.08. The van der Waals surface area contributed by atoms with E-state index in [-0.39, 0.29) is 0 Å². The van der Waals surface area contributed by atoms with Gasteiger partial charge in [-0.05, 0) is 53.0 Å². The fraction of sp³-hybridized carbons (Fsp3) is 0.308. The highest BCUT2D eigenvalue weighted by molar-refractivity contribution is 9.10. The minimum absolute atomic E-state index is 0.854. The van der Waals surface area contributed by atoms with Gasteiger partial charge in [0.2, 0.25) is 0 Å². The van der Waals surface area contributed by atoms with Crippen molar-refractivity contribution in [2.75, 3.05) is 7.11 Å². The minimum atomic E-state index is 0.854. The Morgan fingerprint density at radius 2 is 2.06 bits per heavy atom. The highest BCUT2D eigenvalue weighted by Crippen LogP contribution is 2.31. The topological polar surface area (TPSA) is 22.1 Å². The Balaban J connectivity index is 2.79. The van der Waals surface area contributed by atoms with E-state index in [1.807, 2.05) is 19.1 Å². The molecule has 2 aromatic rings. The number of halogens is 1. The van der Waals surface area contributed by atoms with E-state index < -0.39 is 0 Å². The first-order chi connectivity index (χ1) is 7.65. The molecule has 2 rings (SSSR count). The number of nitrogens with zero attached hydrogens (tertiary/aromatic N) is 1. The summed E-state index contributed by atoms with van der Waals surface area (Å²) < 4.78 is 6.26. The summed E-state index contributed by atoms with van der Waals surface area (Å²) in [5.74, 6) is 0.854. The first kappa shape index (κ1) is 11.4. The van der Waals surface area contributed by atoms with Gasteiger partial charge >= 0.3 is 0 Å². The van der Waals surface area contributed by atoms with Gasteiger partial charge in [-0.3, -0.25) is 4.98 Å². The Hall–Kier alpha value is -1.09. The van der Waals surface area contributed by atoms with Crippen LogP contribution in [-0.2, 0) is 6.42 Å². The SMILES string of the molecule is CCc1cc(C)nc2cc(Br)c(OC)cc12. The fourth-order valence-electron chi connectivity index (χ4n) is 1.89. The van der Waals surface area contributed by atoms with E-state index in [0.29, 0.717) is 0 Å². The molecule has 1 heterocycles. The predicted octanol–water partition coefficient (Wildman–Crippen LogP) is 3.88. The van der Waals surface area contributed by atoms with Crippen molar-refractivity contribution in [1.82, 2.24) is 4.98 Å². The first-order valence-electron chi connectivity index (χ1n) is 5.29. The quantitative estimate of drug-likeness (QED) is 0.833. The molecule has 0 unspecified atom stereocenters. The molecule has 1 aromatic heterocycles. The zero-order chi connectivity index (χ0) is 11.7. The van der Waals surface area contributed by atoms with Crippen LogP contribution in [0.2, 0.25) is 0 Å². The van der Waals surface area contributed by atoms with Crippen molar-refractivity contribution in [3.63, 3.8) is 0 Å². The van der Waals surface area contributed by atoms with Gasteiger partial charge in [-0.25, -0.2) is 0 Å². The molecule has 0 aliphatic rings. The third-order valence-electron chi connectivity index (χ3n) is 2.68. The molecular formula is C13H14BrNO. The van der Waals surface area contributed by atoms with E-state index >= 15 is 0 Å². The normalized spacial score (nSPS) is 10.8. The van der Waals surface area contributed by atoms with Crippen LogP contribution < -0.4 is 4.74 Å². The maximum Gasteiger partial charge on any atom is 0.133 e. The number of fused-ring (bicyclic) bond motifs is 1. The second-order valence-corrected chi connectivity index (χ2v) is 4.63. The Morgan fingerprint density at radius 1 is 1.31 bits per heavy atom. The average molecular weight is 280 g/mol. The van der Waals surface area contributed by atoms with Crippen LogP contribution in [0.3, 0.4) is 0 Å². The summed E-state index contributed by atoms with van der Waals surface area (Å²) in [6.45, 7) is 4.18. The molecule has 0 atom stereocenters. The van der Waals surface area contributed by atoms with Crippen molar-refractivity contribution < 1.29 is 4.74 Å². The summed E-state index contributed by atoms with van der Waals surface area (Å²) in [4.78, 5) is 4.53. The Labute approximate surface area is 104 Å². The van der Waals surface area contributed by atoms with Gasteiger partial charge in [0.15, 0.2) is 0 Å². The molecule has 0 bridgehead atoms. The number of benzene rings is 1. The average Bonchev–Trinajstić information content (AvgIpc) is 2.26. The molecule has 0 radical (unpaired) electrons. The van der Waals surface area contributed by atoms with Crippen LogP contribution in [-0.4, -0.2) is 12.1 Å². The molecule has 0 spiro atoms. The third kappa shape index (κ3) is 1.92. The largest absolute Gasteiger partial charge is 0.496 e. The van der Waals surface area contributed by atoms with Crippen LogP contribution in [0.15, 0.2) is 22.7 Å². The van der Waals surface area contributed by atoms with E-state index in [1.165, 1.54) is 10.9 Å². The molecule has 0 N–H and O–H groups in total. The number of pyridine rings is 1. The van der Waals surface area contributed by atoms with Crippen LogP contribution in [0.5, 0.6) is 5.75 Å². The van der Waals surface area contributed by atoms with Crippen LogP contribution in [0, 0.1) is 6.92 Å². The maximum atomic E-state index is 5.31. The lowest BCUT2D eigenvalue weighted by atomic mass is 10.1. The molecule has 1 aromatic carbocycles. The summed E-state index contributed by atoms with van der Waals surface area (Å²) in [5.41, 5.74) is 3.39. The molecule has 0 aliphatic heterocycles. The molecular weight excluding hydrogens is 266 g/mol. The second kappa shape index (κ2) is 4.42. The van der Waals surface area contributed by atoms with Gasteiger partial charge in [0.1, 0.15) is 5.75 Å². The molecule has 0 saturated heterocycles. The Morgan fingerprint density at radius 3 is 2.69 bits per heavy atom. The van der Waals surface area contributed by atoms with E-state index in [9.17, 15) is 0 Å². The van der Waals surface area contributed by atoms with Crippen molar-refractivity contribution in [3.8, 4) is 5.75 Å². The van der Waals surface area contributed by atoms with Gasteiger partial charge in [-0.1, -0.05) is 6.92 Å². The zero-order valence-corrected chi connectivity index (χ0v) is 11.3. The Kier molecular flexibility index (Phi) is 3.15. The standard InChI is InChI=1S/C13H14BrNO/c1-4-9-5-8(2)15-12-7-11(14)13(16-3)6-10(9)12/h5-7H,4H2,1-3H3. The molecule has 3 heteroatoms. The van der Waals surface area contributed by atoms with E-state index in [4.69, 9.17) is 4.74 Å². The summed E-state index contributed by atoms with van der Waals surface area (Å²) in [6, 6.07) is 6.20. The summed E-state index contributed by atoms with van der Waals surface area (Å²) in [6.07, 6.45) is 1.00. The number of rotatable bonds is 2. The molecule has 84 valence electrons. The van der Waals surface area contributed by atoms with Gasteiger partial charge < -0.3 is 4.74 Å². The Bertz CT molecular complexity index is 537. The van der Waals surface area contributed by atoms with Crippen LogP contribution >= 0.6 is 15.9 Å². The molecule has 0 amide bonds. The van der Waals surface area contributed by atoms with Crippen molar-refractivity contribution in [2.24, 2.45) is 0 Å². The number of methoxy groups -OCH3 is 1. The van der Waals surface area contributed by atoms with E-state index in [0.717, 1.165) is 27.9 Å². The number of hydrogen-bond acceptors (Lipinski definition) is 2. The van der Waals surface area contributed by atoms with Crippen LogP contribution in [0.25, 0.3) is 10.9 Å². The lowest BCUT2D eigenvalue weighted by molar-refractivity contribution is 0.413. The van der Waals surface area contributed by atoms with E-state index in [2.05, 4.69) is 33.9 Å². The monoisotopic (exact) mass is 279 g/mol. The van der Waals surface area contributed by atoms with Gasteiger partial charge in [0.05, 0.1) is 17.1 Å². The lowest BCUT2D eigenvalue weighted by Crippen LogP contribution is -1.92. The van der Waals surface area contributed by atoms with E-state index in [1.54, 1.807) is 7.11 Å². The van der Waals surface area contributed by atoms with Crippen molar-refractivity contribution in [1.29, 1.82) is 0 Å². The van der Waals surface area contributed by atoms with Crippen LogP contribution in [0.4, 0.5) is 0 Å². The number of aryl methyl sites for hydroxylation is 2. The number of aromatic nitrogens is 1. The summed E-state index contributed by atoms with van der Waals surface area (Å²) in [5, 5.41) is 1.17. The smallest absolute Gasteiger partial charge is 0.133 e. The fourth-order valence-corrected chi connectivity index (χ4v) is 2.39. The van der Waals surface area contributed by atoms with Gasteiger partial charge in [0, 0.05) is 11.1 Å². The second-order valence-electron chi connectivity index (χ2n) is 3.78. The van der Waals surface area contributed by atoms with Crippen LogP contribution in [0.1, 0.15) is 18.2 Å². The molecule has 16 heavy (non-hydrogen) atoms. The summed E-state index contributed by atoms with van der Waals surface area (Å²) >= 11 is 3.48. The molecule has 2 nitrogen and oxygen atoms in total. The van der Waals surface area contributed by atoms with Gasteiger partial charge in [-0.2, -0.15) is 0 Å².